The summed E-state index contributed by atoms with van der Waals surface area (Å²) in [5.41, 5.74) is 7.10. The van der Waals surface area contributed by atoms with Crippen LogP contribution < -0.4 is 15.8 Å². The number of carbonyl (C=O) groups is 1. The Balaban J connectivity index is 1.68. The number of piperidine rings is 1. The van der Waals surface area contributed by atoms with E-state index in [2.05, 4.69) is 12.2 Å². The van der Waals surface area contributed by atoms with Crippen molar-refractivity contribution in [2.24, 2.45) is 5.73 Å². The number of aryl methyl sites for hydroxylation is 1. The van der Waals surface area contributed by atoms with Crippen LogP contribution in [0.25, 0.3) is 0 Å². The molecule has 0 unspecified atom stereocenters. The molecule has 0 spiro atoms. The predicted octanol–water partition coefficient (Wildman–Crippen LogP) is 2.38. The second-order valence-electron chi connectivity index (χ2n) is 7.22. The molecule has 3 N–H and O–H groups in total. The third-order valence-electron chi connectivity index (χ3n) is 5.37. The Kier molecular flexibility index (Phi) is 6.26. The standard InChI is InChI=1S/C21H27N3O4S/c1-3-16-8-10-17(11-9-16)23-20(25)21(22)12-14-24(15-13-21)29(26,27)19-7-5-4-6-18(19)28-2/h4-11H,3,12-15,22H2,1-2H3,(H,23,25). The number of methoxy groups -OCH3 is 1. The van der Waals surface area contributed by atoms with Gasteiger partial charge >= 0.3 is 0 Å². The number of ether oxygens (including phenoxy) is 1. The molecule has 2 aromatic rings. The number of sulfonamides is 1. The van der Waals surface area contributed by atoms with Crippen LogP contribution in [0.2, 0.25) is 0 Å². The summed E-state index contributed by atoms with van der Waals surface area (Å²) in [6.07, 6.45) is 1.39. The van der Waals surface area contributed by atoms with Gasteiger partial charge in [0.2, 0.25) is 15.9 Å². The average Bonchev–Trinajstić information content (AvgIpc) is 2.74. The normalized spacial score (nSPS) is 16.9. The van der Waals surface area contributed by atoms with E-state index in [0.29, 0.717) is 11.4 Å². The number of carbonyl (C=O) groups excluding carboxylic acids is 1. The first kappa shape index (κ1) is 21.3. The minimum Gasteiger partial charge on any atom is -0.495 e. The minimum atomic E-state index is -3.73. The molecular formula is C21H27N3O4S. The highest BCUT2D eigenvalue weighted by Crippen LogP contribution is 2.30. The number of amides is 1. The number of rotatable bonds is 6. The molecule has 0 atom stereocenters. The Bertz CT molecular complexity index is 966. The van der Waals surface area contributed by atoms with E-state index in [4.69, 9.17) is 10.5 Å². The van der Waals surface area contributed by atoms with E-state index in [1.807, 2.05) is 24.3 Å². The van der Waals surface area contributed by atoms with E-state index >= 15 is 0 Å². The lowest BCUT2D eigenvalue weighted by Crippen LogP contribution is -2.58. The number of nitrogens with one attached hydrogen (secondary N) is 1. The predicted molar refractivity (Wildman–Crippen MR) is 112 cm³/mol. The van der Waals surface area contributed by atoms with Crippen molar-refractivity contribution in [2.75, 3.05) is 25.5 Å². The van der Waals surface area contributed by atoms with Crippen molar-refractivity contribution in [3.63, 3.8) is 0 Å². The molecule has 1 amide bonds. The summed E-state index contributed by atoms with van der Waals surface area (Å²) < 4.78 is 32.6. The summed E-state index contributed by atoms with van der Waals surface area (Å²) in [6, 6.07) is 14.1. The van der Waals surface area contributed by atoms with Gasteiger partial charge in [-0.1, -0.05) is 31.2 Å². The molecule has 0 aliphatic carbocycles. The van der Waals surface area contributed by atoms with Gasteiger partial charge in [0.25, 0.3) is 0 Å². The number of benzene rings is 2. The fourth-order valence-corrected chi connectivity index (χ4v) is 5.00. The zero-order valence-electron chi connectivity index (χ0n) is 16.7. The lowest BCUT2D eigenvalue weighted by molar-refractivity contribution is -0.122. The van der Waals surface area contributed by atoms with Gasteiger partial charge in [0, 0.05) is 18.8 Å². The number of nitrogens with zero attached hydrogens (tertiary/aromatic N) is 1. The number of hydrogen-bond donors (Lipinski definition) is 2. The van der Waals surface area contributed by atoms with Gasteiger partial charge in [-0.05, 0) is 49.1 Å². The molecule has 29 heavy (non-hydrogen) atoms. The molecule has 0 radical (unpaired) electrons. The van der Waals surface area contributed by atoms with Gasteiger partial charge in [0.15, 0.2) is 0 Å². The minimum absolute atomic E-state index is 0.118. The molecule has 0 aromatic heterocycles. The third-order valence-corrected chi connectivity index (χ3v) is 7.31. The van der Waals surface area contributed by atoms with Crippen molar-refractivity contribution in [3.05, 3.63) is 54.1 Å². The lowest BCUT2D eigenvalue weighted by atomic mass is 9.88. The van der Waals surface area contributed by atoms with Gasteiger partial charge in [-0.15, -0.1) is 0 Å². The van der Waals surface area contributed by atoms with Gasteiger partial charge in [-0.3, -0.25) is 4.79 Å². The van der Waals surface area contributed by atoms with Gasteiger partial charge < -0.3 is 15.8 Å². The van der Waals surface area contributed by atoms with Crippen LogP contribution in [0.4, 0.5) is 5.69 Å². The van der Waals surface area contributed by atoms with Gasteiger partial charge in [0.05, 0.1) is 12.6 Å². The van der Waals surface area contributed by atoms with Gasteiger partial charge in [-0.25, -0.2) is 8.42 Å². The van der Waals surface area contributed by atoms with Crippen molar-refractivity contribution in [2.45, 2.75) is 36.6 Å². The first-order chi connectivity index (χ1) is 13.8. The van der Waals surface area contributed by atoms with E-state index in [1.54, 1.807) is 18.2 Å². The Morgan fingerprint density at radius 3 is 2.34 bits per heavy atom. The quantitative estimate of drug-likeness (QED) is 0.751. The zero-order chi connectivity index (χ0) is 21.1. The second kappa shape index (κ2) is 8.52. The molecule has 156 valence electrons. The first-order valence-electron chi connectivity index (χ1n) is 9.62. The maximum atomic E-state index is 13.0. The first-order valence-corrected chi connectivity index (χ1v) is 11.1. The van der Waals surface area contributed by atoms with Crippen molar-refractivity contribution in [3.8, 4) is 5.75 Å². The Morgan fingerprint density at radius 2 is 1.76 bits per heavy atom. The Hall–Kier alpha value is -2.42. The van der Waals surface area contributed by atoms with Crippen molar-refractivity contribution in [1.82, 2.24) is 4.31 Å². The second-order valence-corrected chi connectivity index (χ2v) is 9.12. The highest BCUT2D eigenvalue weighted by molar-refractivity contribution is 7.89. The van der Waals surface area contributed by atoms with Crippen LogP contribution in [-0.2, 0) is 21.2 Å². The van der Waals surface area contributed by atoms with E-state index in [-0.39, 0.29) is 36.7 Å². The zero-order valence-corrected chi connectivity index (χ0v) is 17.5. The van der Waals surface area contributed by atoms with Crippen molar-refractivity contribution >= 4 is 21.6 Å². The van der Waals surface area contributed by atoms with Crippen LogP contribution in [0, 0.1) is 0 Å². The van der Waals surface area contributed by atoms with Crippen molar-refractivity contribution < 1.29 is 17.9 Å². The summed E-state index contributed by atoms with van der Waals surface area (Å²) in [5.74, 6) is 0.00134. The van der Waals surface area contributed by atoms with Crippen LogP contribution >= 0.6 is 0 Å². The lowest BCUT2D eigenvalue weighted by Gasteiger charge is -2.37. The summed E-state index contributed by atoms with van der Waals surface area (Å²) >= 11 is 0. The SMILES string of the molecule is CCc1ccc(NC(=O)C2(N)CCN(S(=O)(=O)c3ccccc3OC)CC2)cc1. The number of hydrogen-bond acceptors (Lipinski definition) is 5. The maximum Gasteiger partial charge on any atom is 0.246 e. The topological polar surface area (TPSA) is 102 Å². The molecule has 2 aromatic carbocycles. The fraction of sp³-hybridized carbons (Fsp3) is 0.381. The molecule has 0 saturated carbocycles. The molecule has 0 bridgehead atoms. The van der Waals surface area contributed by atoms with Crippen LogP contribution in [0.15, 0.2) is 53.4 Å². The van der Waals surface area contributed by atoms with E-state index < -0.39 is 15.6 Å². The van der Waals surface area contributed by atoms with E-state index in [9.17, 15) is 13.2 Å². The molecular weight excluding hydrogens is 390 g/mol. The third kappa shape index (κ3) is 4.44. The Morgan fingerprint density at radius 1 is 1.14 bits per heavy atom. The summed E-state index contributed by atoms with van der Waals surface area (Å²) in [4.78, 5) is 12.9. The average molecular weight is 418 g/mol. The van der Waals surface area contributed by atoms with Crippen LogP contribution in [0.3, 0.4) is 0 Å². The number of para-hydroxylation sites is 1. The summed E-state index contributed by atoms with van der Waals surface area (Å²) in [7, 11) is -2.29. The van der Waals surface area contributed by atoms with E-state index in [1.165, 1.54) is 23.0 Å². The number of nitrogens with two attached hydrogens (primary N) is 1. The van der Waals surface area contributed by atoms with Crippen LogP contribution in [-0.4, -0.2) is 44.4 Å². The smallest absolute Gasteiger partial charge is 0.246 e. The molecule has 3 rings (SSSR count). The van der Waals surface area contributed by atoms with Gasteiger partial charge in [-0.2, -0.15) is 4.31 Å². The summed E-state index contributed by atoms with van der Waals surface area (Å²) in [5, 5.41) is 2.86. The largest absolute Gasteiger partial charge is 0.495 e. The molecule has 7 nitrogen and oxygen atoms in total. The fourth-order valence-electron chi connectivity index (χ4n) is 3.40. The highest BCUT2D eigenvalue weighted by Gasteiger charge is 2.41. The Labute approximate surface area is 171 Å². The van der Waals surface area contributed by atoms with Crippen LogP contribution in [0.5, 0.6) is 5.75 Å². The molecule has 1 aliphatic rings. The highest BCUT2D eigenvalue weighted by atomic mass is 32.2. The molecule has 1 fully saturated rings. The molecule has 1 aliphatic heterocycles. The molecule has 1 heterocycles. The maximum absolute atomic E-state index is 13.0. The van der Waals surface area contributed by atoms with E-state index in [0.717, 1.165) is 6.42 Å². The molecule has 8 heteroatoms. The monoisotopic (exact) mass is 417 g/mol. The summed E-state index contributed by atoms with van der Waals surface area (Å²) in [6.45, 7) is 2.40. The molecule has 1 saturated heterocycles. The van der Waals surface area contributed by atoms with Crippen molar-refractivity contribution in [1.29, 1.82) is 0 Å². The van der Waals surface area contributed by atoms with Gasteiger partial charge in [0.1, 0.15) is 10.6 Å². The van der Waals surface area contributed by atoms with Crippen LogP contribution in [0.1, 0.15) is 25.3 Å². The number of anilines is 1.